The van der Waals surface area contributed by atoms with Gasteiger partial charge in [0.1, 0.15) is 29.2 Å². The first-order chi connectivity index (χ1) is 11.9. The second-order valence-electron chi connectivity index (χ2n) is 5.30. The topological polar surface area (TPSA) is 40.0 Å². The monoisotopic (exact) mass is 515 g/mol. The SMILES string of the molecule is CC(C)=NOCCCCCOc1c(Br)cc(OCC=C(Cl)Cl)cc1Br. The van der Waals surface area contributed by atoms with Gasteiger partial charge in [-0.05, 0) is 83.2 Å². The molecule has 0 amide bonds. The van der Waals surface area contributed by atoms with E-state index in [1.54, 1.807) is 6.08 Å². The summed E-state index contributed by atoms with van der Waals surface area (Å²) in [5.74, 6) is 1.43. The molecule has 4 nitrogen and oxygen atoms in total. The molecule has 0 fully saturated rings. The third-order valence-electron chi connectivity index (χ3n) is 2.83. The molecule has 0 aliphatic rings. The molecule has 0 aliphatic heterocycles. The van der Waals surface area contributed by atoms with Crippen LogP contribution in [0.2, 0.25) is 0 Å². The Bertz CT molecular complexity index is 579. The Morgan fingerprint density at radius 3 is 2.28 bits per heavy atom. The molecule has 0 unspecified atom stereocenters. The lowest BCUT2D eigenvalue weighted by Gasteiger charge is -2.12. The van der Waals surface area contributed by atoms with Crippen LogP contribution in [0, 0.1) is 0 Å². The first-order valence-electron chi connectivity index (χ1n) is 7.79. The van der Waals surface area contributed by atoms with Crippen molar-refractivity contribution < 1.29 is 14.3 Å². The second kappa shape index (κ2) is 12.8. The number of halogens is 4. The number of hydrogen-bond acceptors (Lipinski definition) is 4. The van der Waals surface area contributed by atoms with E-state index in [4.69, 9.17) is 37.5 Å². The lowest BCUT2D eigenvalue weighted by atomic mass is 10.2. The molecule has 1 rings (SSSR count). The standard InChI is InChI=1S/C17H21Br2Cl2NO3/c1-12(2)22-25-8-5-3-4-7-24-17-14(18)10-13(11-15(17)19)23-9-6-16(20)21/h6,10-11H,3-5,7-9H2,1-2H3. The van der Waals surface area contributed by atoms with Gasteiger partial charge >= 0.3 is 0 Å². The third-order valence-corrected chi connectivity index (χ3v) is 4.32. The summed E-state index contributed by atoms with van der Waals surface area (Å²) in [6, 6.07) is 3.68. The van der Waals surface area contributed by atoms with E-state index in [0.29, 0.717) is 25.6 Å². The maximum Gasteiger partial charge on any atom is 0.147 e. The van der Waals surface area contributed by atoms with Crippen LogP contribution in [-0.4, -0.2) is 25.5 Å². The quantitative estimate of drug-likeness (QED) is 0.183. The van der Waals surface area contributed by atoms with Crippen LogP contribution in [-0.2, 0) is 4.84 Å². The van der Waals surface area contributed by atoms with Crippen LogP contribution in [0.1, 0.15) is 33.1 Å². The highest BCUT2D eigenvalue weighted by Gasteiger charge is 2.09. The van der Waals surface area contributed by atoms with Crippen LogP contribution in [0.5, 0.6) is 11.5 Å². The summed E-state index contributed by atoms with van der Waals surface area (Å²) < 4.78 is 13.2. The van der Waals surface area contributed by atoms with Crippen molar-refractivity contribution in [3.05, 3.63) is 31.6 Å². The molecule has 0 aliphatic carbocycles. The summed E-state index contributed by atoms with van der Waals surface area (Å²) in [6.45, 7) is 5.36. The lowest BCUT2D eigenvalue weighted by Crippen LogP contribution is -2.01. The minimum atomic E-state index is 0.181. The molecule has 0 spiro atoms. The molecule has 1 aromatic carbocycles. The molecule has 0 saturated heterocycles. The van der Waals surface area contributed by atoms with Gasteiger partial charge < -0.3 is 14.3 Å². The largest absolute Gasteiger partial charge is 0.491 e. The normalized spacial score (nSPS) is 10.2. The van der Waals surface area contributed by atoms with Crippen LogP contribution in [0.25, 0.3) is 0 Å². The summed E-state index contributed by atoms with van der Waals surface area (Å²) in [4.78, 5) is 5.16. The summed E-state index contributed by atoms with van der Waals surface area (Å²) in [6.07, 6.45) is 4.48. The van der Waals surface area contributed by atoms with Gasteiger partial charge in [-0.2, -0.15) is 0 Å². The van der Waals surface area contributed by atoms with Gasteiger partial charge in [-0.1, -0.05) is 28.4 Å². The van der Waals surface area contributed by atoms with Crippen molar-refractivity contribution in [2.45, 2.75) is 33.1 Å². The van der Waals surface area contributed by atoms with Crippen molar-refractivity contribution in [2.24, 2.45) is 5.16 Å². The maximum atomic E-state index is 5.84. The average Bonchev–Trinajstić information content (AvgIpc) is 2.51. The van der Waals surface area contributed by atoms with Crippen molar-refractivity contribution in [2.75, 3.05) is 19.8 Å². The van der Waals surface area contributed by atoms with Gasteiger partial charge in [0.05, 0.1) is 21.3 Å². The highest BCUT2D eigenvalue weighted by atomic mass is 79.9. The Kier molecular flexibility index (Phi) is 11.6. The molecule has 8 heteroatoms. The van der Waals surface area contributed by atoms with Crippen LogP contribution in [0.3, 0.4) is 0 Å². The molecule has 0 saturated carbocycles. The van der Waals surface area contributed by atoms with Crippen LogP contribution in [0.15, 0.2) is 36.8 Å². The van der Waals surface area contributed by atoms with Crippen molar-refractivity contribution in [1.82, 2.24) is 0 Å². The van der Waals surface area contributed by atoms with Gasteiger partial charge in [0.15, 0.2) is 0 Å². The smallest absolute Gasteiger partial charge is 0.147 e. The molecule has 140 valence electrons. The Balaban J connectivity index is 2.36. The number of oxime groups is 1. The fourth-order valence-corrected chi connectivity index (χ4v) is 3.25. The van der Waals surface area contributed by atoms with Gasteiger partial charge in [0, 0.05) is 0 Å². The molecular formula is C17H21Br2Cl2NO3. The van der Waals surface area contributed by atoms with Gasteiger partial charge in [-0.15, -0.1) is 0 Å². The molecular weight excluding hydrogens is 497 g/mol. The Labute approximate surface area is 175 Å². The lowest BCUT2D eigenvalue weighted by molar-refractivity contribution is 0.138. The summed E-state index contributed by atoms with van der Waals surface area (Å²) in [7, 11) is 0. The summed E-state index contributed by atoms with van der Waals surface area (Å²) >= 11 is 18.1. The molecule has 1 aromatic rings. The van der Waals surface area contributed by atoms with E-state index < -0.39 is 0 Å². The Hall–Kier alpha value is -0.430. The van der Waals surface area contributed by atoms with Crippen molar-refractivity contribution in [1.29, 1.82) is 0 Å². The fraction of sp³-hybridized carbons (Fsp3) is 0.471. The number of hydrogen-bond donors (Lipinski definition) is 0. The van der Waals surface area contributed by atoms with E-state index in [2.05, 4.69) is 37.0 Å². The first-order valence-corrected chi connectivity index (χ1v) is 10.1. The van der Waals surface area contributed by atoms with E-state index in [0.717, 1.165) is 39.7 Å². The molecule has 0 atom stereocenters. The van der Waals surface area contributed by atoms with Crippen molar-refractivity contribution in [3.63, 3.8) is 0 Å². The number of ether oxygens (including phenoxy) is 2. The second-order valence-corrected chi connectivity index (χ2v) is 8.02. The van der Waals surface area contributed by atoms with Gasteiger partial charge in [-0.25, -0.2) is 0 Å². The zero-order valence-electron chi connectivity index (χ0n) is 14.2. The third kappa shape index (κ3) is 10.3. The zero-order valence-corrected chi connectivity index (χ0v) is 18.8. The van der Waals surface area contributed by atoms with E-state index in [-0.39, 0.29) is 4.49 Å². The predicted octanol–water partition coefficient (Wildman–Crippen LogP) is 6.87. The van der Waals surface area contributed by atoms with E-state index >= 15 is 0 Å². The highest BCUT2D eigenvalue weighted by Crippen LogP contribution is 2.37. The highest BCUT2D eigenvalue weighted by molar-refractivity contribution is 9.11. The van der Waals surface area contributed by atoms with E-state index in [1.807, 2.05) is 26.0 Å². The van der Waals surface area contributed by atoms with Crippen molar-refractivity contribution in [3.8, 4) is 11.5 Å². The zero-order chi connectivity index (χ0) is 18.7. The van der Waals surface area contributed by atoms with Gasteiger partial charge in [-0.3, -0.25) is 0 Å². The van der Waals surface area contributed by atoms with Crippen LogP contribution in [0.4, 0.5) is 0 Å². The summed E-state index contributed by atoms with van der Waals surface area (Å²) in [5, 5.41) is 3.90. The maximum absolute atomic E-state index is 5.84. The number of rotatable bonds is 11. The molecule has 25 heavy (non-hydrogen) atoms. The Morgan fingerprint density at radius 2 is 1.68 bits per heavy atom. The fourth-order valence-electron chi connectivity index (χ4n) is 1.75. The molecule has 0 radical (unpaired) electrons. The first kappa shape index (κ1) is 22.6. The molecule has 0 heterocycles. The van der Waals surface area contributed by atoms with Gasteiger partial charge in [0.25, 0.3) is 0 Å². The number of nitrogens with zero attached hydrogens (tertiary/aromatic N) is 1. The average molecular weight is 518 g/mol. The van der Waals surface area contributed by atoms with E-state index in [9.17, 15) is 0 Å². The predicted molar refractivity (Wildman–Crippen MR) is 111 cm³/mol. The Morgan fingerprint density at radius 1 is 1.04 bits per heavy atom. The number of benzene rings is 1. The van der Waals surface area contributed by atoms with Crippen LogP contribution < -0.4 is 9.47 Å². The minimum Gasteiger partial charge on any atom is -0.491 e. The van der Waals surface area contributed by atoms with Crippen molar-refractivity contribution >= 4 is 60.8 Å². The van der Waals surface area contributed by atoms with Crippen LogP contribution >= 0.6 is 55.1 Å². The molecule has 0 bridgehead atoms. The van der Waals surface area contributed by atoms with Gasteiger partial charge in [0.2, 0.25) is 0 Å². The summed E-state index contributed by atoms with van der Waals surface area (Å²) in [5.41, 5.74) is 0.923. The van der Waals surface area contributed by atoms with E-state index in [1.165, 1.54) is 0 Å². The minimum absolute atomic E-state index is 0.181. The molecule has 0 aromatic heterocycles. The molecule has 0 N–H and O–H groups in total. The number of unbranched alkanes of at least 4 members (excludes halogenated alkanes) is 2.